The number of aryl methyl sites for hydroxylation is 1. The number of anilines is 1. The molecule has 4 rings (SSSR count). The number of carbonyl (C=O) groups excluding carboxylic acids is 2. The SMILES string of the molecule is COc1cccc(CN(C(=O)CN(c2cccc(Cl)c2)S(=O)(=O)c2ccc(C)cc2)[C@H](Cc2ccccc2)C(=O)NCC(C)C)c1. The Morgan fingerprint density at radius 2 is 1.54 bits per heavy atom. The first-order valence-electron chi connectivity index (χ1n) is 15.1. The average Bonchev–Trinajstić information content (AvgIpc) is 3.04. The van der Waals surface area contributed by atoms with Gasteiger partial charge in [-0.05, 0) is 66.4 Å². The van der Waals surface area contributed by atoms with Crippen LogP contribution in [0.15, 0.2) is 108 Å². The number of nitrogens with zero attached hydrogens (tertiary/aromatic N) is 2. The maximum Gasteiger partial charge on any atom is 0.264 e. The lowest BCUT2D eigenvalue weighted by Crippen LogP contribution is -2.53. The maximum absolute atomic E-state index is 14.6. The number of hydrogen-bond acceptors (Lipinski definition) is 5. The Morgan fingerprint density at radius 1 is 0.870 bits per heavy atom. The first-order chi connectivity index (χ1) is 22.0. The van der Waals surface area contributed by atoms with Crippen LogP contribution in [-0.4, -0.2) is 51.4 Å². The predicted molar refractivity (Wildman–Crippen MR) is 182 cm³/mol. The predicted octanol–water partition coefficient (Wildman–Crippen LogP) is 6.26. The molecule has 0 saturated heterocycles. The van der Waals surface area contributed by atoms with Crippen molar-refractivity contribution in [2.45, 2.75) is 44.7 Å². The van der Waals surface area contributed by atoms with Crippen molar-refractivity contribution in [3.8, 4) is 5.75 Å². The summed E-state index contributed by atoms with van der Waals surface area (Å²) in [6.45, 7) is 5.73. The Morgan fingerprint density at radius 3 is 2.20 bits per heavy atom. The lowest BCUT2D eigenvalue weighted by molar-refractivity contribution is -0.140. The number of methoxy groups -OCH3 is 1. The van der Waals surface area contributed by atoms with Crippen molar-refractivity contribution in [2.75, 3.05) is 24.5 Å². The van der Waals surface area contributed by atoms with Gasteiger partial charge in [0.1, 0.15) is 18.3 Å². The molecular weight excluding hydrogens is 622 g/mol. The van der Waals surface area contributed by atoms with Gasteiger partial charge in [0.25, 0.3) is 10.0 Å². The molecule has 0 heterocycles. The lowest BCUT2D eigenvalue weighted by atomic mass is 10.0. The molecular formula is C36H40ClN3O5S. The van der Waals surface area contributed by atoms with Gasteiger partial charge in [-0.1, -0.05) is 91.7 Å². The quantitative estimate of drug-likeness (QED) is 0.172. The minimum Gasteiger partial charge on any atom is -0.497 e. The van der Waals surface area contributed by atoms with E-state index in [2.05, 4.69) is 5.32 Å². The Labute approximate surface area is 277 Å². The fourth-order valence-electron chi connectivity index (χ4n) is 4.94. The molecule has 0 aromatic heterocycles. The molecule has 2 amide bonds. The van der Waals surface area contributed by atoms with Crippen molar-refractivity contribution in [3.05, 3.63) is 125 Å². The van der Waals surface area contributed by atoms with Gasteiger partial charge in [-0.15, -0.1) is 0 Å². The molecule has 242 valence electrons. The van der Waals surface area contributed by atoms with Gasteiger partial charge in [-0.3, -0.25) is 13.9 Å². The molecule has 1 atom stereocenters. The van der Waals surface area contributed by atoms with Gasteiger partial charge < -0.3 is 15.0 Å². The monoisotopic (exact) mass is 661 g/mol. The maximum atomic E-state index is 14.6. The zero-order chi connectivity index (χ0) is 33.3. The van der Waals surface area contributed by atoms with Crippen molar-refractivity contribution in [1.29, 1.82) is 0 Å². The minimum atomic E-state index is -4.22. The number of carbonyl (C=O) groups is 2. The van der Waals surface area contributed by atoms with Crippen LogP contribution in [0.5, 0.6) is 5.75 Å². The Kier molecular flexibility index (Phi) is 11.8. The molecule has 4 aromatic carbocycles. The molecule has 8 nitrogen and oxygen atoms in total. The van der Waals surface area contributed by atoms with E-state index in [1.165, 1.54) is 23.1 Å². The van der Waals surface area contributed by atoms with E-state index in [4.69, 9.17) is 16.3 Å². The van der Waals surface area contributed by atoms with Crippen molar-refractivity contribution >= 4 is 39.1 Å². The molecule has 0 saturated carbocycles. The van der Waals surface area contributed by atoms with E-state index in [1.807, 2.05) is 63.2 Å². The molecule has 0 fully saturated rings. The number of rotatable bonds is 14. The number of amides is 2. The van der Waals surface area contributed by atoms with Gasteiger partial charge >= 0.3 is 0 Å². The molecule has 0 unspecified atom stereocenters. The summed E-state index contributed by atoms with van der Waals surface area (Å²) in [7, 11) is -2.67. The molecule has 10 heteroatoms. The van der Waals surface area contributed by atoms with E-state index in [0.717, 1.165) is 21.0 Å². The highest BCUT2D eigenvalue weighted by Crippen LogP contribution is 2.27. The molecule has 4 aromatic rings. The smallest absolute Gasteiger partial charge is 0.264 e. The van der Waals surface area contributed by atoms with E-state index in [9.17, 15) is 18.0 Å². The number of benzene rings is 4. The van der Waals surface area contributed by atoms with Crippen LogP contribution in [0.3, 0.4) is 0 Å². The van der Waals surface area contributed by atoms with Gasteiger partial charge in [0.15, 0.2) is 0 Å². The van der Waals surface area contributed by atoms with Crippen molar-refractivity contribution in [2.24, 2.45) is 5.92 Å². The third-order valence-corrected chi connectivity index (χ3v) is 9.45. The molecule has 0 radical (unpaired) electrons. The van der Waals surface area contributed by atoms with Crippen LogP contribution in [0, 0.1) is 12.8 Å². The zero-order valence-electron chi connectivity index (χ0n) is 26.5. The third-order valence-electron chi connectivity index (χ3n) is 7.43. The second-order valence-electron chi connectivity index (χ2n) is 11.5. The number of hydrogen-bond donors (Lipinski definition) is 1. The Hall–Kier alpha value is -4.34. The highest BCUT2D eigenvalue weighted by atomic mass is 35.5. The Balaban J connectivity index is 1.81. The fraction of sp³-hybridized carbons (Fsp3) is 0.278. The number of ether oxygens (including phenoxy) is 1. The van der Waals surface area contributed by atoms with Crippen LogP contribution in [0.25, 0.3) is 0 Å². The summed E-state index contributed by atoms with van der Waals surface area (Å²) in [5.74, 6) is -0.110. The standard InChI is InChI=1S/C36H40ClN3O5S/c1-26(2)23-38-36(42)34(21-28-10-6-5-7-11-28)39(24-29-12-8-15-32(20-29)45-4)35(41)25-40(31-14-9-13-30(37)22-31)46(43,44)33-18-16-27(3)17-19-33/h5-20,22,26,34H,21,23-25H2,1-4H3,(H,38,42)/t34-/m1/s1. The van der Waals surface area contributed by atoms with E-state index in [-0.39, 0.29) is 35.4 Å². The normalized spacial score (nSPS) is 12.0. The minimum absolute atomic E-state index is 0.0285. The summed E-state index contributed by atoms with van der Waals surface area (Å²) in [6.07, 6.45) is 0.225. The van der Waals surface area contributed by atoms with Gasteiger partial charge in [0.05, 0.1) is 17.7 Å². The summed E-state index contributed by atoms with van der Waals surface area (Å²) < 4.78 is 34.8. The van der Waals surface area contributed by atoms with E-state index in [0.29, 0.717) is 17.3 Å². The van der Waals surface area contributed by atoms with Crippen LogP contribution in [-0.2, 0) is 32.6 Å². The molecule has 1 N–H and O–H groups in total. The highest BCUT2D eigenvalue weighted by Gasteiger charge is 2.34. The van der Waals surface area contributed by atoms with Crippen molar-refractivity contribution in [3.63, 3.8) is 0 Å². The summed E-state index contributed by atoms with van der Waals surface area (Å²) >= 11 is 6.30. The largest absolute Gasteiger partial charge is 0.497 e. The first kappa shape index (κ1) is 34.5. The second kappa shape index (κ2) is 15.8. The van der Waals surface area contributed by atoms with Crippen LogP contribution < -0.4 is 14.4 Å². The van der Waals surface area contributed by atoms with Gasteiger partial charge in [0.2, 0.25) is 11.8 Å². The average molecular weight is 662 g/mol. The number of halogens is 1. The third kappa shape index (κ3) is 9.11. The lowest BCUT2D eigenvalue weighted by Gasteiger charge is -2.34. The summed E-state index contributed by atoms with van der Waals surface area (Å²) in [5, 5.41) is 3.31. The molecule has 0 bridgehead atoms. The van der Waals surface area contributed by atoms with Gasteiger partial charge in [-0.25, -0.2) is 8.42 Å². The Bertz CT molecular complexity index is 1730. The van der Waals surface area contributed by atoms with Crippen LogP contribution in [0.2, 0.25) is 5.02 Å². The highest BCUT2D eigenvalue weighted by molar-refractivity contribution is 7.92. The van der Waals surface area contributed by atoms with E-state index < -0.39 is 28.5 Å². The van der Waals surface area contributed by atoms with Crippen LogP contribution in [0.4, 0.5) is 5.69 Å². The van der Waals surface area contributed by atoms with E-state index in [1.54, 1.807) is 49.6 Å². The summed E-state index contributed by atoms with van der Waals surface area (Å²) in [6, 6.07) is 28.5. The van der Waals surface area contributed by atoms with Crippen molar-refractivity contribution in [1.82, 2.24) is 10.2 Å². The molecule has 0 spiro atoms. The summed E-state index contributed by atoms with van der Waals surface area (Å²) in [4.78, 5) is 29.9. The first-order valence-corrected chi connectivity index (χ1v) is 16.9. The molecule has 0 aliphatic carbocycles. The van der Waals surface area contributed by atoms with Crippen LogP contribution in [0.1, 0.15) is 30.5 Å². The van der Waals surface area contributed by atoms with Crippen molar-refractivity contribution < 1.29 is 22.7 Å². The van der Waals surface area contributed by atoms with Gasteiger partial charge in [0, 0.05) is 24.5 Å². The second-order valence-corrected chi connectivity index (χ2v) is 13.8. The molecule has 0 aliphatic heterocycles. The molecule has 0 aliphatic rings. The summed E-state index contributed by atoms with van der Waals surface area (Å²) in [5.41, 5.74) is 2.70. The molecule has 46 heavy (non-hydrogen) atoms. The zero-order valence-corrected chi connectivity index (χ0v) is 28.1. The fourth-order valence-corrected chi connectivity index (χ4v) is 6.53. The topological polar surface area (TPSA) is 96.0 Å². The van der Waals surface area contributed by atoms with E-state index >= 15 is 0 Å². The number of nitrogens with one attached hydrogen (secondary N) is 1. The van der Waals surface area contributed by atoms with Crippen LogP contribution >= 0.6 is 11.6 Å². The van der Waals surface area contributed by atoms with Gasteiger partial charge in [-0.2, -0.15) is 0 Å². The number of sulfonamides is 1.